The lowest BCUT2D eigenvalue weighted by Crippen LogP contribution is -2.29. The summed E-state index contributed by atoms with van der Waals surface area (Å²) in [5.74, 6) is -0.630. The Hall–Kier alpha value is -1.22. The molecule has 2 heterocycles. The molecule has 0 spiro atoms. The monoisotopic (exact) mass is 325 g/mol. The van der Waals surface area contributed by atoms with Crippen LogP contribution in [-0.2, 0) is 9.84 Å². The van der Waals surface area contributed by atoms with E-state index in [4.69, 9.17) is 0 Å². The van der Waals surface area contributed by atoms with E-state index >= 15 is 0 Å². The highest BCUT2D eigenvalue weighted by Crippen LogP contribution is 2.26. The SMILES string of the molecule is O=C(NC[C@@H]1CCS(=O)(=O)C1)c1sccc1OC(F)F. The van der Waals surface area contributed by atoms with Crippen LogP contribution in [0.5, 0.6) is 5.75 Å². The average molecular weight is 325 g/mol. The third-order valence-corrected chi connectivity index (χ3v) is 5.66. The second-order valence-electron chi connectivity index (χ2n) is 4.47. The number of carbonyl (C=O) groups is 1. The van der Waals surface area contributed by atoms with Gasteiger partial charge in [-0.3, -0.25) is 4.79 Å². The van der Waals surface area contributed by atoms with Crippen molar-refractivity contribution in [2.24, 2.45) is 5.92 Å². The van der Waals surface area contributed by atoms with Crippen LogP contribution in [0.3, 0.4) is 0 Å². The predicted molar refractivity (Wildman–Crippen MR) is 70.0 cm³/mol. The van der Waals surface area contributed by atoms with Crippen LogP contribution in [0.4, 0.5) is 8.78 Å². The van der Waals surface area contributed by atoms with Crippen LogP contribution in [-0.4, -0.2) is 39.0 Å². The second-order valence-corrected chi connectivity index (χ2v) is 7.62. The van der Waals surface area contributed by atoms with E-state index < -0.39 is 22.4 Å². The molecule has 0 unspecified atom stereocenters. The summed E-state index contributed by atoms with van der Waals surface area (Å²) < 4.78 is 51.1. The number of carbonyl (C=O) groups excluding carboxylic acids is 1. The molecular weight excluding hydrogens is 312 g/mol. The van der Waals surface area contributed by atoms with Crippen molar-refractivity contribution in [2.45, 2.75) is 13.0 Å². The van der Waals surface area contributed by atoms with Gasteiger partial charge in [-0.05, 0) is 23.8 Å². The molecule has 1 amide bonds. The Bertz CT molecular complexity index is 585. The third kappa shape index (κ3) is 3.89. The highest BCUT2D eigenvalue weighted by atomic mass is 32.2. The smallest absolute Gasteiger partial charge is 0.387 e. The van der Waals surface area contributed by atoms with Crippen LogP contribution in [0.25, 0.3) is 0 Å². The van der Waals surface area contributed by atoms with Crippen LogP contribution < -0.4 is 10.1 Å². The van der Waals surface area contributed by atoms with Crippen molar-refractivity contribution in [3.05, 3.63) is 16.3 Å². The fourth-order valence-corrected chi connectivity index (χ4v) is 4.60. The molecular formula is C11H13F2NO4S2. The molecule has 1 fully saturated rings. The van der Waals surface area contributed by atoms with Crippen LogP contribution in [0.1, 0.15) is 16.1 Å². The van der Waals surface area contributed by atoms with Gasteiger partial charge in [0.25, 0.3) is 5.91 Å². The number of halogens is 2. The Labute approximate surface area is 118 Å². The second kappa shape index (κ2) is 6.04. The summed E-state index contributed by atoms with van der Waals surface area (Å²) in [5, 5.41) is 4.04. The molecule has 0 bridgehead atoms. The van der Waals surface area contributed by atoms with E-state index in [0.717, 1.165) is 11.3 Å². The average Bonchev–Trinajstić information content (AvgIpc) is 2.92. The zero-order valence-electron chi connectivity index (χ0n) is 10.3. The first-order valence-electron chi connectivity index (χ1n) is 5.88. The molecule has 0 radical (unpaired) electrons. The Morgan fingerprint density at radius 1 is 1.55 bits per heavy atom. The lowest BCUT2D eigenvalue weighted by Gasteiger charge is -2.10. The molecule has 0 saturated carbocycles. The Morgan fingerprint density at radius 3 is 2.90 bits per heavy atom. The number of amides is 1. The molecule has 112 valence electrons. The number of ether oxygens (including phenoxy) is 1. The molecule has 1 aromatic heterocycles. The van der Waals surface area contributed by atoms with Crippen molar-refractivity contribution in [3.8, 4) is 5.75 Å². The Morgan fingerprint density at radius 2 is 2.30 bits per heavy atom. The quantitative estimate of drug-likeness (QED) is 0.891. The molecule has 20 heavy (non-hydrogen) atoms. The largest absolute Gasteiger partial charge is 0.433 e. The predicted octanol–water partition coefficient (Wildman–Crippen LogP) is 1.51. The fourth-order valence-electron chi connectivity index (χ4n) is 2.00. The number of sulfone groups is 1. The van der Waals surface area contributed by atoms with E-state index in [9.17, 15) is 22.0 Å². The van der Waals surface area contributed by atoms with Gasteiger partial charge in [-0.25, -0.2) is 8.42 Å². The molecule has 1 atom stereocenters. The van der Waals surface area contributed by atoms with Crippen molar-refractivity contribution in [3.63, 3.8) is 0 Å². The van der Waals surface area contributed by atoms with Gasteiger partial charge in [-0.15, -0.1) is 11.3 Å². The van der Waals surface area contributed by atoms with Crippen LogP contribution >= 0.6 is 11.3 Å². The Balaban J connectivity index is 1.91. The van der Waals surface area contributed by atoms with E-state index in [1.807, 2.05) is 0 Å². The van der Waals surface area contributed by atoms with E-state index in [1.54, 1.807) is 0 Å². The lowest BCUT2D eigenvalue weighted by molar-refractivity contribution is -0.0498. The van der Waals surface area contributed by atoms with Gasteiger partial charge in [0, 0.05) is 6.54 Å². The normalized spacial score (nSPS) is 21.1. The lowest BCUT2D eigenvalue weighted by atomic mass is 10.1. The highest BCUT2D eigenvalue weighted by Gasteiger charge is 2.28. The maximum atomic E-state index is 12.1. The topological polar surface area (TPSA) is 72.5 Å². The molecule has 1 saturated heterocycles. The van der Waals surface area contributed by atoms with Gasteiger partial charge in [-0.1, -0.05) is 0 Å². The summed E-state index contributed by atoms with van der Waals surface area (Å²) >= 11 is 0.993. The molecule has 1 aliphatic rings. The van der Waals surface area contributed by atoms with Gasteiger partial charge in [0.05, 0.1) is 11.5 Å². The van der Waals surface area contributed by atoms with Crippen molar-refractivity contribution < 1.29 is 26.7 Å². The number of rotatable bonds is 5. The standard InChI is InChI=1S/C11H13F2NO4S2/c12-11(13)18-8-1-3-19-9(8)10(15)14-5-7-2-4-20(16,17)6-7/h1,3,7,11H,2,4-6H2,(H,14,15)/t7-/m0/s1. The summed E-state index contributed by atoms with van der Waals surface area (Å²) in [5.41, 5.74) is 0. The molecule has 0 aromatic carbocycles. The minimum absolute atomic E-state index is 0.0537. The van der Waals surface area contributed by atoms with Crippen molar-refractivity contribution >= 4 is 27.1 Å². The Kier molecular flexibility index (Phi) is 4.59. The minimum Gasteiger partial charge on any atom is -0.433 e. The fraction of sp³-hybridized carbons (Fsp3) is 0.545. The van der Waals surface area contributed by atoms with Crippen molar-refractivity contribution in [2.75, 3.05) is 18.1 Å². The van der Waals surface area contributed by atoms with Crippen LogP contribution in [0, 0.1) is 5.92 Å². The summed E-state index contributed by atoms with van der Waals surface area (Å²) in [6, 6.07) is 1.30. The molecule has 9 heteroatoms. The first-order chi connectivity index (χ1) is 9.37. The summed E-state index contributed by atoms with van der Waals surface area (Å²) in [6.45, 7) is -2.78. The van der Waals surface area contributed by atoms with E-state index in [-0.39, 0.29) is 34.6 Å². The zero-order valence-corrected chi connectivity index (χ0v) is 12.0. The number of hydrogen-bond donors (Lipinski definition) is 1. The summed E-state index contributed by atoms with van der Waals surface area (Å²) in [4.78, 5) is 11.9. The van der Waals surface area contributed by atoms with Gasteiger partial charge < -0.3 is 10.1 Å². The first-order valence-corrected chi connectivity index (χ1v) is 8.58. The van der Waals surface area contributed by atoms with E-state index in [0.29, 0.717) is 6.42 Å². The number of thiophene rings is 1. The number of hydrogen-bond acceptors (Lipinski definition) is 5. The van der Waals surface area contributed by atoms with Gasteiger partial charge in [-0.2, -0.15) is 8.78 Å². The molecule has 0 aliphatic carbocycles. The molecule has 1 N–H and O–H groups in total. The van der Waals surface area contributed by atoms with E-state index in [1.165, 1.54) is 11.4 Å². The van der Waals surface area contributed by atoms with E-state index in [2.05, 4.69) is 10.1 Å². The van der Waals surface area contributed by atoms with Gasteiger partial charge in [0.2, 0.25) is 0 Å². The van der Waals surface area contributed by atoms with Gasteiger partial charge in [0.1, 0.15) is 10.6 Å². The van der Waals surface area contributed by atoms with Crippen molar-refractivity contribution in [1.29, 1.82) is 0 Å². The summed E-state index contributed by atoms with van der Waals surface area (Å²) in [7, 11) is -2.99. The highest BCUT2D eigenvalue weighted by molar-refractivity contribution is 7.91. The van der Waals surface area contributed by atoms with Gasteiger partial charge >= 0.3 is 6.61 Å². The maximum Gasteiger partial charge on any atom is 0.387 e. The molecule has 1 aliphatic heterocycles. The molecule has 2 rings (SSSR count). The third-order valence-electron chi connectivity index (χ3n) is 2.93. The number of nitrogens with one attached hydrogen (secondary N) is 1. The van der Waals surface area contributed by atoms with Crippen LogP contribution in [0.2, 0.25) is 0 Å². The maximum absolute atomic E-state index is 12.1. The van der Waals surface area contributed by atoms with Crippen molar-refractivity contribution in [1.82, 2.24) is 5.32 Å². The molecule has 1 aromatic rings. The molecule has 5 nitrogen and oxygen atoms in total. The first kappa shape index (κ1) is 15.2. The van der Waals surface area contributed by atoms with Gasteiger partial charge in [0.15, 0.2) is 9.84 Å². The number of alkyl halides is 2. The van der Waals surface area contributed by atoms with Crippen LogP contribution in [0.15, 0.2) is 11.4 Å². The summed E-state index contributed by atoms with van der Waals surface area (Å²) in [6.07, 6.45) is 0.507. The zero-order chi connectivity index (χ0) is 14.8. The minimum atomic E-state index is -2.99.